The third-order valence-electron chi connectivity index (χ3n) is 2.72. The maximum Gasteiger partial charge on any atom is 0.305 e. The van der Waals surface area contributed by atoms with Gasteiger partial charge in [0, 0.05) is 0 Å². The van der Waals surface area contributed by atoms with Crippen LogP contribution >= 0.6 is 0 Å². The molecule has 1 aromatic carbocycles. The fraction of sp³-hybridized carbons (Fsp3) is 0.385. The summed E-state index contributed by atoms with van der Waals surface area (Å²) in [6.07, 6.45) is -1.32. The molecule has 3 atom stereocenters. The molecule has 0 fully saturated rings. The van der Waals surface area contributed by atoms with Crippen LogP contribution in [0.5, 0.6) is 0 Å². The number of aliphatic hydroxyl groups is 1. The summed E-state index contributed by atoms with van der Waals surface area (Å²) in [7, 11) is 0. The smallest absolute Gasteiger partial charge is 0.305 e. The van der Waals surface area contributed by atoms with Crippen LogP contribution in [-0.2, 0) is 9.59 Å². The van der Waals surface area contributed by atoms with Crippen LogP contribution in [0.3, 0.4) is 0 Å². The number of carbonyl (C=O) groups excluding carboxylic acids is 1. The number of aliphatic carboxylic acids is 1. The number of carboxylic acids is 1. The molecule has 104 valence electrons. The first-order valence-corrected chi connectivity index (χ1v) is 5.92. The number of aliphatic hydroxyl groups excluding tert-OH is 1. The summed E-state index contributed by atoms with van der Waals surface area (Å²) < 4.78 is 0. The van der Waals surface area contributed by atoms with E-state index < -0.39 is 36.5 Å². The Balaban J connectivity index is 2.57. The van der Waals surface area contributed by atoms with Crippen molar-refractivity contribution in [2.24, 2.45) is 5.73 Å². The number of amides is 1. The van der Waals surface area contributed by atoms with Crippen LogP contribution in [0.25, 0.3) is 0 Å². The molecule has 19 heavy (non-hydrogen) atoms. The van der Waals surface area contributed by atoms with E-state index in [-0.39, 0.29) is 0 Å². The zero-order valence-corrected chi connectivity index (χ0v) is 10.6. The molecule has 0 radical (unpaired) electrons. The second kappa shape index (κ2) is 6.86. The van der Waals surface area contributed by atoms with Gasteiger partial charge < -0.3 is 21.3 Å². The van der Waals surface area contributed by atoms with Gasteiger partial charge in [0.2, 0.25) is 5.91 Å². The largest absolute Gasteiger partial charge is 0.481 e. The Morgan fingerprint density at radius 3 is 2.42 bits per heavy atom. The van der Waals surface area contributed by atoms with Crippen molar-refractivity contribution < 1.29 is 19.8 Å². The van der Waals surface area contributed by atoms with Gasteiger partial charge >= 0.3 is 5.97 Å². The van der Waals surface area contributed by atoms with E-state index in [0.717, 1.165) is 0 Å². The maximum absolute atomic E-state index is 11.6. The Kier molecular flexibility index (Phi) is 5.47. The second-order valence-corrected chi connectivity index (χ2v) is 4.36. The van der Waals surface area contributed by atoms with Crippen molar-refractivity contribution in [1.82, 2.24) is 5.32 Å². The monoisotopic (exact) mass is 266 g/mol. The summed E-state index contributed by atoms with van der Waals surface area (Å²) >= 11 is 0. The average Bonchev–Trinajstić information content (AvgIpc) is 2.37. The van der Waals surface area contributed by atoms with Gasteiger partial charge in [0.05, 0.1) is 24.6 Å². The van der Waals surface area contributed by atoms with E-state index in [9.17, 15) is 14.7 Å². The number of carboxylic acid groups (broad SMARTS) is 1. The number of nitrogens with one attached hydrogen (secondary N) is 1. The second-order valence-electron chi connectivity index (χ2n) is 4.36. The van der Waals surface area contributed by atoms with Crippen molar-refractivity contribution >= 4 is 11.9 Å². The lowest BCUT2D eigenvalue weighted by atomic mass is 10.0. The van der Waals surface area contributed by atoms with E-state index in [4.69, 9.17) is 10.8 Å². The van der Waals surface area contributed by atoms with Gasteiger partial charge in [-0.3, -0.25) is 9.59 Å². The van der Waals surface area contributed by atoms with Crippen LogP contribution in [0.4, 0.5) is 0 Å². The van der Waals surface area contributed by atoms with Gasteiger partial charge in [-0.05, 0) is 12.5 Å². The molecule has 0 saturated carbocycles. The minimum absolute atomic E-state index is 0.444. The standard InChI is InChI=1S/C13H18N2O4/c1-8(12(18)9-5-3-2-4-6-9)15-13(19)10(14)7-11(16)17/h2-6,8,10,12,18H,7,14H2,1H3,(H,15,19)(H,16,17)/t8-,10-,12+/m0/s1. The van der Waals surface area contributed by atoms with E-state index in [1.54, 1.807) is 31.2 Å². The minimum atomic E-state index is -1.14. The summed E-state index contributed by atoms with van der Waals surface area (Å²) in [5, 5.41) is 21.1. The van der Waals surface area contributed by atoms with Gasteiger partial charge in [-0.25, -0.2) is 0 Å². The summed E-state index contributed by atoms with van der Waals surface area (Å²) in [5.41, 5.74) is 6.10. The highest BCUT2D eigenvalue weighted by atomic mass is 16.4. The first kappa shape index (κ1) is 15.1. The predicted octanol–water partition coefficient (Wildman–Crippen LogP) is 0.0267. The summed E-state index contributed by atoms with van der Waals surface area (Å²) in [4.78, 5) is 22.1. The van der Waals surface area contributed by atoms with Crippen molar-refractivity contribution in [3.63, 3.8) is 0 Å². The van der Waals surface area contributed by atoms with Crippen molar-refractivity contribution in [3.8, 4) is 0 Å². The highest BCUT2D eigenvalue weighted by Crippen LogP contribution is 2.16. The summed E-state index contributed by atoms with van der Waals surface area (Å²) in [6.45, 7) is 1.63. The third-order valence-corrected chi connectivity index (χ3v) is 2.72. The molecule has 0 aliphatic heterocycles. The lowest BCUT2D eigenvalue weighted by Gasteiger charge is -2.22. The van der Waals surface area contributed by atoms with Crippen LogP contribution in [0.15, 0.2) is 30.3 Å². The lowest BCUT2D eigenvalue weighted by molar-refractivity contribution is -0.139. The molecule has 0 aromatic heterocycles. The third kappa shape index (κ3) is 4.69. The van der Waals surface area contributed by atoms with Gasteiger partial charge in [0.15, 0.2) is 0 Å². The van der Waals surface area contributed by atoms with Gasteiger partial charge in [0.25, 0.3) is 0 Å². The highest BCUT2D eigenvalue weighted by Gasteiger charge is 2.22. The zero-order chi connectivity index (χ0) is 14.4. The Bertz CT molecular complexity index is 436. The molecule has 0 aliphatic rings. The quantitative estimate of drug-likeness (QED) is 0.580. The van der Waals surface area contributed by atoms with E-state index in [1.807, 2.05) is 6.07 Å². The van der Waals surface area contributed by atoms with Crippen molar-refractivity contribution in [2.75, 3.05) is 0 Å². The molecule has 0 bridgehead atoms. The molecule has 1 aromatic rings. The number of hydrogen-bond donors (Lipinski definition) is 4. The Morgan fingerprint density at radius 2 is 1.89 bits per heavy atom. The molecule has 6 heteroatoms. The van der Waals surface area contributed by atoms with Crippen LogP contribution in [0.1, 0.15) is 25.0 Å². The van der Waals surface area contributed by atoms with E-state index in [2.05, 4.69) is 5.32 Å². The van der Waals surface area contributed by atoms with E-state index in [0.29, 0.717) is 5.56 Å². The Labute approximate surface area is 111 Å². The molecular formula is C13H18N2O4. The van der Waals surface area contributed by atoms with Gasteiger partial charge in [-0.1, -0.05) is 30.3 Å². The molecule has 0 spiro atoms. The van der Waals surface area contributed by atoms with Crippen molar-refractivity contribution in [3.05, 3.63) is 35.9 Å². The molecule has 0 unspecified atom stereocenters. The summed E-state index contributed by atoms with van der Waals surface area (Å²) in [6, 6.07) is 7.18. The van der Waals surface area contributed by atoms with Crippen molar-refractivity contribution in [1.29, 1.82) is 0 Å². The number of benzene rings is 1. The summed E-state index contributed by atoms with van der Waals surface area (Å²) in [5.74, 6) is -1.73. The van der Waals surface area contributed by atoms with Gasteiger partial charge in [-0.15, -0.1) is 0 Å². The Hall–Kier alpha value is -1.92. The number of rotatable bonds is 6. The SMILES string of the molecule is C[C@H](NC(=O)[C@@H](N)CC(=O)O)[C@@H](O)c1ccccc1. The average molecular weight is 266 g/mol. The zero-order valence-electron chi connectivity index (χ0n) is 10.6. The molecular weight excluding hydrogens is 248 g/mol. The first-order valence-electron chi connectivity index (χ1n) is 5.92. The maximum atomic E-state index is 11.6. The normalized spacial score (nSPS) is 15.3. The fourth-order valence-electron chi connectivity index (χ4n) is 1.63. The Morgan fingerprint density at radius 1 is 1.32 bits per heavy atom. The van der Waals surface area contributed by atoms with E-state index in [1.165, 1.54) is 0 Å². The van der Waals surface area contributed by atoms with Gasteiger partial charge in [0.1, 0.15) is 0 Å². The molecule has 0 aliphatic carbocycles. The van der Waals surface area contributed by atoms with Crippen LogP contribution in [-0.4, -0.2) is 34.2 Å². The number of hydrogen-bond acceptors (Lipinski definition) is 4. The van der Waals surface area contributed by atoms with E-state index >= 15 is 0 Å². The topological polar surface area (TPSA) is 113 Å². The molecule has 0 saturated heterocycles. The van der Waals surface area contributed by atoms with Crippen molar-refractivity contribution in [2.45, 2.75) is 31.5 Å². The first-order chi connectivity index (χ1) is 8.91. The highest BCUT2D eigenvalue weighted by molar-refractivity contribution is 5.86. The molecule has 6 nitrogen and oxygen atoms in total. The minimum Gasteiger partial charge on any atom is -0.481 e. The predicted molar refractivity (Wildman–Crippen MR) is 69.2 cm³/mol. The van der Waals surface area contributed by atoms with Crippen LogP contribution in [0, 0.1) is 0 Å². The molecule has 1 rings (SSSR count). The molecule has 0 heterocycles. The number of nitrogens with two attached hydrogens (primary N) is 1. The van der Waals surface area contributed by atoms with Crippen LogP contribution in [0.2, 0.25) is 0 Å². The van der Waals surface area contributed by atoms with Gasteiger partial charge in [-0.2, -0.15) is 0 Å². The molecule has 5 N–H and O–H groups in total. The van der Waals surface area contributed by atoms with Crippen LogP contribution < -0.4 is 11.1 Å². The lowest BCUT2D eigenvalue weighted by Crippen LogP contribution is -2.47. The fourth-order valence-corrected chi connectivity index (χ4v) is 1.63. The molecule has 1 amide bonds. The number of carbonyl (C=O) groups is 2.